The van der Waals surface area contributed by atoms with Crippen LogP contribution in [-0.4, -0.2) is 30.0 Å². The molecule has 0 saturated carbocycles. The van der Waals surface area contributed by atoms with Crippen molar-refractivity contribution in [1.29, 1.82) is 0 Å². The second kappa shape index (κ2) is 5.79. The summed E-state index contributed by atoms with van der Waals surface area (Å²) in [6, 6.07) is 4.76. The fourth-order valence-corrected chi connectivity index (χ4v) is 2.32. The van der Waals surface area contributed by atoms with Crippen molar-refractivity contribution in [3.05, 3.63) is 39.4 Å². The lowest BCUT2D eigenvalue weighted by molar-refractivity contribution is -0.385. The Balaban J connectivity index is 2.20. The number of nitrogens with one attached hydrogen (secondary N) is 2. The minimum absolute atomic E-state index is 0.0907. The van der Waals surface area contributed by atoms with Crippen LogP contribution in [0, 0.1) is 17.0 Å². The van der Waals surface area contributed by atoms with Gasteiger partial charge in [-0.25, -0.2) is 0 Å². The molecule has 0 aliphatic carbocycles. The molecule has 1 amide bonds. The number of hydrogen-bond acceptors (Lipinski definition) is 4. The van der Waals surface area contributed by atoms with Gasteiger partial charge in [-0.3, -0.25) is 14.9 Å². The highest BCUT2D eigenvalue weighted by Crippen LogP contribution is 2.22. The molecule has 0 bridgehead atoms. The number of benzene rings is 1. The van der Waals surface area contributed by atoms with E-state index in [4.69, 9.17) is 0 Å². The minimum atomic E-state index is -0.510. The predicted molar refractivity (Wildman–Crippen MR) is 71.2 cm³/mol. The van der Waals surface area contributed by atoms with Gasteiger partial charge in [-0.15, -0.1) is 0 Å². The number of amides is 1. The number of carbonyl (C=O) groups excluding carboxylic acids is 1. The first-order valence-corrected chi connectivity index (χ1v) is 6.35. The maximum Gasteiger partial charge on any atom is 0.282 e. The Kier molecular flexibility index (Phi) is 4.11. The molecule has 0 radical (unpaired) electrons. The van der Waals surface area contributed by atoms with E-state index in [1.54, 1.807) is 19.1 Å². The summed E-state index contributed by atoms with van der Waals surface area (Å²) < 4.78 is 0. The van der Waals surface area contributed by atoms with Gasteiger partial charge in [0.1, 0.15) is 5.56 Å². The fourth-order valence-electron chi connectivity index (χ4n) is 2.32. The van der Waals surface area contributed by atoms with Gasteiger partial charge in [-0.2, -0.15) is 0 Å². The molecule has 0 unspecified atom stereocenters. The van der Waals surface area contributed by atoms with E-state index < -0.39 is 4.92 Å². The van der Waals surface area contributed by atoms with E-state index in [9.17, 15) is 14.9 Å². The second-order valence-electron chi connectivity index (χ2n) is 4.72. The summed E-state index contributed by atoms with van der Waals surface area (Å²) in [7, 11) is 0. The summed E-state index contributed by atoms with van der Waals surface area (Å²) in [4.78, 5) is 22.7. The van der Waals surface area contributed by atoms with Crippen LogP contribution in [0.4, 0.5) is 5.69 Å². The fraction of sp³-hybridized carbons (Fsp3) is 0.462. The topological polar surface area (TPSA) is 84.3 Å². The van der Waals surface area contributed by atoms with Gasteiger partial charge in [0.25, 0.3) is 11.6 Å². The van der Waals surface area contributed by atoms with Crippen molar-refractivity contribution in [2.45, 2.75) is 25.8 Å². The van der Waals surface area contributed by atoms with E-state index in [0.717, 1.165) is 25.9 Å². The van der Waals surface area contributed by atoms with Crippen molar-refractivity contribution in [2.24, 2.45) is 0 Å². The first-order valence-electron chi connectivity index (χ1n) is 6.35. The number of piperidine rings is 1. The van der Waals surface area contributed by atoms with Crippen molar-refractivity contribution in [3.8, 4) is 0 Å². The van der Waals surface area contributed by atoms with Crippen LogP contribution in [0.5, 0.6) is 0 Å². The summed E-state index contributed by atoms with van der Waals surface area (Å²) in [5.74, 6) is -0.350. The Labute approximate surface area is 111 Å². The summed E-state index contributed by atoms with van der Waals surface area (Å²) >= 11 is 0. The van der Waals surface area contributed by atoms with Crippen LogP contribution in [0.2, 0.25) is 0 Å². The third kappa shape index (κ3) is 3.08. The van der Waals surface area contributed by atoms with Crippen LogP contribution in [0.1, 0.15) is 28.8 Å². The van der Waals surface area contributed by atoms with Crippen LogP contribution in [0.3, 0.4) is 0 Å². The van der Waals surface area contributed by atoms with Gasteiger partial charge in [0.2, 0.25) is 0 Å². The number of nitrogens with zero attached hydrogens (tertiary/aromatic N) is 1. The Hall–Kier alpha value is -1.95. The van der Waals surface area contributed by atoms with Crippen LogP contribution >= 0.6 is 0 Å². The van der Waals surface area contributed by atoms with Gasteiger partial charge in [-0.1, -0.05) is 12.1 Å². The third-order valence-electron chi connectivity index (χ3n) is 3.35. The average Bonchev–Trinajstić information content (AvgIpc) is 2.39. The lowest BCUT2D eigenvalue weighted by Crippen LogP contribution is -2.43. The van der Waals surface area contributed by atoms with Crippen molar-refractivity contribution in [1.82, 2.24) is 10.6 Å². The molecule has 1 saturated heterocycles. The quantitative estimate of drug-likeness (QED) is 0.637. The summed E-state index contributed by atoms with van der Waals surface area (Å²) in [6.45, 7) is 3.44. The van der Waals surface area contributed by atoms with Crippen molar-refractivity contribution in [3.63, 3.8) is 0 Å². The number of nitro groups is 1. The molecule has 1 fully saturated rings. The largest absolute Gasteiger partial charge is 0.349 e. The molecule has 1 aromatic rings. The van der Waals surface area contributed by atoms with Crippen molar-refractivity contribution < 1.29 is 9.72 Å². The highest BCUT2D eigenvalue weighted by atomic mass is 16.6. The molecule has 19 heavy (non-hydrogen) atoms. The first kappa shape index (κ1) is 13.5. The molecular weight excluding hydrogens is 246 g/mol. The van der Waals surface area contributed by atoms with Crippen LogP contribution in [0.25, 0.3) is 0 Å². The van der Waals surface area contributed by atoms with E-state index in [1.807, 2.05) is 0 Å². The van der Waals surface area contributed by atoms with E-state index in [1.165, 1.54) is 6.07 Å². The van der Waals surface area contributed by atoms with Crippen molar-refractivity contribution >= 4 is 11.6 Å². The highest BCUT2D eigenvalue weighted by molar-refractivity contribution is 5.99. The molecule has 102 valence electrons. The van der Waals surface area contributed by atoms with Gasteiger partial charge in [0.05, 0.1) is 4.92 Å². The molecule has 0 aromatic heterocycles. The number of rotatable bonds is 3. The second-order valence-corrected chi connectivity index (χ2v) is 4.72. The number of carbonyl (C=O) groups is 1. The molecular formula is C13H17N3O3. The molecule has 0 spiro atoms. The van der Waals surface area contributed by atoms with E-state index in [2.05, 4.69) is 10.6 Å². The third-order valence-corrected chi connectivity index (χ3v) is 3.35. The Morgan fingerprint density at radius 3 is 2.74 bits per heavy atom. The smallest absolute Gasteiger partial charge is 0.282 e. The summed E-state index contributed by atoms with van der Waals surface area (Å²) in [5, 5.41) is 17.1. The first-order chi connectivity index (χ1) is 9.09. The Morgan fingerprint density at radius 2 is 2.11 bits per heavy atom. The minimum Gasteiger partial charge on any atom is -0.349 e. The SMILES string of the molecule is Cc1cccc([N+](=O)[O-])c1C(=O)NC1CCNCC1. The van der Waals surface area contributed by atoms with E-state index in [-0.39, 0.29) is 23.2 Å². The Bertz CT molecular complexity index is 496. The number of nitro benzene ring substituents is 1. The monoisotopic (exact) mass is 263 g/mol. The van der Waals surface area contributed by atoms with Gasteiger partial charge in [0, 0.05) is 12.1 Å². The van der Waals surface area contributed by atoms with Gasteiger partial charge in [-0.05, 0) is 38.4 Å². The predicted octanol–water partition coefficient (Wildman–Crippen LogP) is 1.39. The maximum atomic E-state index is 12.2. The molecule has 1 aliphatic heterocycles. The number of hydrogen-bond donors (Lipinski definition) is 2. The standard InChI is InChI=1S/C13H17N3O3/c1-9-3-2-4-11(16(18)19)12(9)13(17)15-10-5-7-14-8-6-10/h2-4,10,14H,5-8H2,1H3,(H,15,17). The summed E-state index contributed by atoms with van der Waals surface area (Å²) in [5.41, 5.74) is 0.665. The maximum absolute atomic E-state index is 12.2. The zero-order valence-corrected chi connectivity index (χ0v) is 10.8. The molecule has 6 nitrogen and oxygen atoms in total. The molecule has 0 atom stereocenters. The van der Waals surface area contributed by atoms with Crippen LogP contribution in [-0.2, 0) is 0 Å². The van der Waals surface area contributed by atoms with Gasteiger partial charge >= 0.3 is 0 Å². The van der Waals surface area contributed by atoms with Crippen LogP contribution in [0.15, 0.2) is 18.2 Å². The normalized spacial score (nSPS) is 16.1. The van der Waals surface area contributed by atoms with Crippen molar-refractivity contribution in [2.75, 3.05) is 13.1 Å². The molecule has 1 aliphatic rings. The zero-order chi connectivity index (χ0) is 13.8. The van der Waals surface area contributed by atoms with E-state index >= 15 is 0 Å². The van der Waals surface area contributed by atoms with Crippen LogP contribution < -0.4 is 10.6 Å². The van der Waals surface area contributed by atoms with Gasteiger partial charge in [0.15, 0.2) is 0 Å². The number of aryl methyl sites for hydroxylation is 1. The average molecular weight is 263 g/mol. The lowest BCUT2D eigenvalue weighted by Gasteiger charge is -2.23. The van der Waals surface area contributed by atoms with Gasteiger partial charge < -0.3 is 10.6 Å². The molecule has 2 rings (SSSR count). The Morgan fingerprint density at radius 1 is 1.42 bits per heavy atom. The molecule has 1 heterocycles. The molecule has 2 N–H and O–H groups in total. The molecule has 1 aromatic carbocycles. The molecule has 6 heteroatoms. The zero-order valence-electron chi connectivity index (χ0n) is 10.8. The van der Waals surface area contributed by atoms with E-state index in [0.29, 0.717) is 5.56 Å². The highest BCUT2D eigenvalue weighted by Gasteiger charge is 2.24. The lowest BCUT2D eigenvalue weighted by atomic mass is 10.0. The summed E-state index contributed by atoms with van der Waals surface area (Å²) in [6.07, 6.45) is 1.71.